The van der Waals surface area contributed by atoms with Gasteiger partial charge in [0.25, 0.3) is 0 Å². The number of hydrogen-bond donors (Lipinski definition) is 0. The van der Waals surface area contributed by atoms with Crippen molar-refractivity contribution in [3.05, 3.63) is 40.1 Å². The molecule has 1 aromatic heterocycles. The van der Waals surface area contributed by atoms with Crippen molar-refractivity contribution in [3.63, 3.8) is 0 Å². The van der Waals surface area contributed by atoms with Crippen LogP contribution in [0.1, 0.15) is 36.9 Å². The Bertz CT molecular complexity index is 896. The van der Waals surface area contributed by atoms with Crippen molar-refractivity contribution in [2.75, 3.05) is 19.6 Å². The lowest BCUT2D eigenvalue weighted by molar-refractivity contribution is -0.210. The molecule has 1 atom stereocenters. The minimum absolute atomic E-state index is 0.0675. The summed E-state index contributed by atoms with van der Waals surface area (Å²) in [5, 5.41) is 6.71. The second-order valence-corrected chi connectivity index (χ2v) is 6.67. The van der Waals surface area contributed by atoms with Crippen LogP contribution >= 0.6 is 0 Å². The largest absolute Gasteiger partial charge is 0.426 e. The molecule has 3 rings (SSSR count). The van der Waals surface area contributed by atoms with Crippen LogP contribution in [0.25, 0.3) is 16.0 Å². The second kappa shape index (κ2) is 7.82. The van der Waals surface area contributed by atoms with Gasteiger partial charge in [0.1, 0.15) is 12.4 Å². The number of azide groups is 1. The van der Waals surface area contributed by atoms with E-state index in [1.165, 1.54) is 4.90 Å². The number of aromatic nitrogens is 2. The SMILES string of the molecule is [N-]=[N+]=NCC(=O)N1CCC(c2nc(C3=CC(F)(C(F)(F)F)CC=C3F)no2)CC1. The minimum atomic E-state index is -5.21. The average molecular weight is 418 g/mol. The number of hydrogen-bond acceptors (Lipinski definition) is 5. The van der Waals surface area contributed by atoms with E-state index in [4.69, 9.17) is 10.1 Å². The van der Waals surface area contributed by atoms with E-state index in [1.807, 2.05) is 0 Å². The van der Waals surface area contributed by atoms with Crippen LogP contribution in [-0.4, -0.2) is 52.4 Å². The van der Waals surface area contributed by atoms with E-state index in [1.54, 1.807) is 0 Å². The number of amides is 1. The monoisotopic (exact) mass is 418 g/mol. The first-order chi connectivity index (χ1) is 13.6. The molecule has 1 aliphatic carbocycles. The molecule has 1 unspecified atom stereocenters. The van der Waals surface area contributed by atoms with Crippen LogP contribution in [-0.2, 0) is 4.79 Å². The first-order valence-corrected chi connectivity index (χ1v) is 8.62. The van der Waals surface area contributed by atoms with Crippen LogP contribution in [0.4, 0.5) is 22.0 Å². The number of halogens is 5. The minimum Gasteiger partial charge on any atom is -0.343 e. The molecule has 0 aromatic carbocycles. The van der Waals surface area contributed by atoms with Crippen LogP contribution in [0.3, 0.4) is 0 Å². The lowest BCUT2D eigenvalue weighted by Crippen LogP contribution is -2.40. The Morgan fingerprint density at radius 1 is 1.41 bits per heavy atom. The van der Waals surface area contributed by atoms with Crippen molar-refractivity contribution in [3.8, 4) is 0 Å². The van der Waals surface area contributed by atoms with E-state index in [0.717, 1.165) is 0 Å². The quantitative estimate of drug-likeness (QED) is 0.319. The number of nitrogens with zero attached hydrogens (tertiary/aromatic N) is 6. The zero-order valence-electron chi connectivity index (χ0n) is 14.9. The molecule has 8 nitrogen and oxygen atoms in total. The number of likely N-dealkylation sites (tertiary alicyclic amines) is 1. The van der Waals surface area contributed by atoms with Gasteiger partial charge in [-0.3, -0.25) is 4.79 Å². The zero-order valence-corrected chi connectivity index (χ0v) is 14.9. The van der Waals surface area contributed by atoms with Gasteiger partial charge in [-0.25, -0.2) is 8.78 Å². The Morgan fingerprint density at radius 2 is 2.10 bits per heavy atom. The third-order valence-electron chi connectivity index (χ3n) is 4.83. The molecule has 1 amide bonds. The third kappa shape index (κ3) is 4.24. The standard InChI is InChI=1S/C16H15F5N6O2/c17-11-1-4-15(18,16(19,20)21)7-10(11)13-24-14(29-25-13)9-2-5-27(6-3-9)12(28)8-23-26-22/h1,7,9H,2-6,8H2. The van der Waals surface area contributed by atoms with Crippen LogP contribution < -0.4 is 0 Å². The predicted molar refractivity (Wildman–Crippen MR) is 88.5 cm³/mol. The Morgan fingerprint density at radius 3 is 2.72 bits per heavy atom. The van der Waals surface area contributed by atoms with E-state index in [-0.39, 0.29) is 30.3 Å². The summed E-state index contributed by atoms with van der Waals surface area (Å²) in [5.74, 6) is -2.10. The number of alkyl halides is 4. The maximum absolute atomic E-state index is 14.2. The van der Waals surface area contributed by atoms with E-state index in [0.29, 0.717) is 32.0 Å². The molecule has 0 radical (unpaired) electrons. The molecular weight excluding hydrogens is 403 g/mol. The summed E-state index contributed by atoms with van der Waals surface area (Å²) in [7, 11) is 0. The van der Waals surface area contributed by atoms with Crippen LogP contribution in [0.5, 0.6) is 0 Å². The molecule has 29 heavy (non-hydrogen) atoms. The first kappa shape index (κ1) is 20.8. The van der Waals surface area contributed by atoms with Crippen molar-refractivity contribution in [2.45, 2.75) is 37.0 Å². The number of rotatable bonds is 4. The summed E-state index contributed by atoms with van der Waals surface area (Å²) in [6, 6.07) is 0. The molecule has 0 spiro atoms. The molecule has 0 saturated carbocycles. The summed E-state index contributed by atoms with van der Waals surface area (Å²) < 4.78 is 72.0. The number of allylic oxidation sites excluding steroid dienone is 4. The topological polar surface area (TPSA) is 108 Å². The van der Waals surface area contributed by atoms with E-state index in [9.17, 15) is 26.7 Å². The van der Waals surface area contributed by atoms with Gasteiger partial charge in [0.05, 0.1) is 5.57 Å². The molecular formula is C16H15F5N6O2. The van der Waals surface area contributed by atoms with Gasteiger partial charge in [-0.2, -0.15) is 18.2 Å². The van der Waals surface area contributed by atoms with Crippen molar-refractivity contribution in [1.82, 2.24) is 15.0 Å². The Labute approximate surface area is 160 Å². The normalized spacial score (nSPS) is 23.3. The van der Waals surface area contributed by atoms with Crippen LogP contribution in [0.2, 0.25) is 0 Å². The van der Waals surface area contributed by atoms with Gasteiger partial charge in [-0.15, -0.1) is 0 Å². The molecule has 1 saturated heterocycles. The summed E-state index contributed by atoms with van der Waals surface area (Å²) in [6.07, 6.45) is -4.91. The molecule has 1 fully saturated rings. The number of carbonyl (C=O) groups is 1. The van der Waals surface area contributed by atoms with Gasteiger partial charge in [0, 0.05) is 30.3 Å². The highest BCUT2D eigenvalue weighted by molar-refractivity contribution is 5.78. The number of carbonyl (C=O) groups excluding carboxylic acids is 1. The molecule has 1 aromatic rings. The molecule has 2 aliphatic rings. The van der Waals surface area contributed by atoms with Gasteiger partial charge >= 0.3 is 6.18 Å². The van der Waals surface area contributed by atoms with Crippen LogP contribution in [0, 0.1) is 0 Å². The van der Waals surface area contributed by atoms with Gasteiger partial charge < -0.3 is 9.42 Å². The molecule has 156 valence electrons. The van der Waals surface area contributed by atoms with Crippen molar-refractivity contribution < 1.29 is 31.3 Å². The highest BCUT2D eigenvalue weighted by Gasteiger charge is 2.55. The lowest BCUT2D eigenvalue weighted by atomic mass is 9.91. The Balaban J connectivity index is 1.72. The molecule has 1 aliphatic heterocycles. The van der Waals surface area contributed by atoms with E-state index >= 15 is 0 Å². The smallest absolute Gasteiger partial charge is 0.343 e. The van der Waals surface area contributed by atoms with Gasteiger partial charge in [-0.05, 0) is 30.5 Å². The van der Waals surface area contributed by atoms with Crippen molar-refractivity contribution in [1.29, 1.82) is 0 Å². The summed E-state index contributed by atoms with van der Waals surface area (Å²) in [5.41, 5.74) is 3.82. The highest BCUT2D eigenvalue weighted by atomic mass is 19.4. The Kier molecular flexibility index (Phi) is 5.60. The van der Waals surface area contributed by atoms with Gasteiger partial charge in [0.2, 0.25) is 23.3 Å². The summed E-state index contributed by atoms with van der Waals surface area (Å²) in [6.45, 7) is 0.345. The lowest BCUT2D eigenvalue weighted by Gasteiger charge is -2.30. The molecule has 0 N–H and O–H groups in total. The predicted octanol–water partition coefficient (Wildman–Crippen LogP) is 4.00. The Hall–Kier alpha value is -2.95. The van der Waals surface area contributed by atoms with Crippen molar-refractivity contribution >= 4 is 11.5 Å². The maximum atomic E-state index is 14.2. The molecule has 2 heterocycles. The van der Waals surface area contributed by atoms with E-state index < -0.39 is 35.5 Å². The van der Waals surface area contributed by atoms with E-state index in [2.05, 4.69) is 20.2 Å². The average Bonchev–Trinajstić information content (AvgIpc) is 3.17. The fourth-order valence-electron chi connectivity index (χ4n) is 3.15. The highest BCUT2D eigenvalue weighted by Crippen LogP contribution is 2.44. The maximum Gasteiger partial charge on any atom is 0.426 e. The summed E-state index contributed by atoms with van der Waals surface area (Å²) >= 11 is 0. The van der Waals surface area contributed by atoms with Gasteiger partial charge in [-0.1, -0.05) is 10.3 Å². The number of piperidine rings is 1. The second-order valence-electron chi connectivity index (χ2n) is 6.67. The third-order valence-corrected chi connectivity index (χ3v) is 4.83. The molecule has 0 bridgehead atoms. The zero-order chi connectivity index (χ0) is 21.2. The van der Waals surface area contributed by atoms with Crippen molar-refractivity contribution in [2.24, 2.45) is 5.11 Å². The fourth-order valence-corrected chi connectivity index (χ4v) is 3.15. The summed E-state index contributed by atoms with van der Waals surface area (Å²) in [4.78, 5) is 19.8. The van der Waals surface area contributed by atoms with Crippen LogP contribution in [0.15, 0.2) is 27.6 Å². The molecule has 13 heteroatoms. The fraction of sp³-hybridized carbons (Fsp3) is 0.562. The van der Waals surface area contributed by atoms with Gasteiger partial charge in [0.15, 0.2) is 0 Å². The first-order valence-electron chi connectivity index (χ1n) is 8.62.